The van der Waals surface area contributed by atoms with Crippen LogP contribution in [-0.2, 0) is 0 Å². The van der Waals surface area contributed by atoms with Gasteiger partial charge in [0.05, 0.1) is 4.21 Å². The standard InChI is InChI=1S/C12H12N6S2/c1-2-14-10-15-11(18-6-5-13-8-18)17-12(16-10)20-9-4-3-7-19-9/h3-8H,2H2,1H3,(H,14,15,16,17). The maximum atomic E-state index is 4.46. The fourth-order valence-corrected chi connectivity index (χ4v) is 3.15. The molecule has 0 unspecified atom stereocenters. The largest absolute Gasteiger partial charge is 0.354 e. The van der Waals surface area contributed by atoms with Crippen molar-refractivity contribution in [1.82, 2.24) is 24.5 Å². The molecule has 0 aromatic carbocycles. The summed E-state index contributed by atoms with van der Waals surface area (Å²) in [7, 11) is 0. The lowest BCUT2D eigenvalue weighted by Gasteiger charge is -2.07. The summed E-state index contributed by atoms with van der Waals surface area (Å²) in [6.45, 7) is 2.77. The third kappa shape index (κ3) is 2.97. The Hall–Kier alpha value is -1.93. The molecule has 0 atom stereocenters. The number of hydrogen-bond donors (Lipinski definition) is 1. The summed E-state index contributed by atoms with van der Waals surface area (Å²) in [5, 5.41) is 5.83. The molecular weight excluding hydrogens is 292 g/mol. The van der Waals surface area contributed by atoms with E-state index in [1.165, 1.54) is 11.8 Å². The highest BCUT2D eigenvalue weighted by Crippen LogP contribution is 2.29. The number of imidazole rings is 1. The number of anilines is 1. The van der Waals surface area contributed by atoms with Crippen molar-refractivity contribution in [3.63, 3.8) is 0 Å². The maximum absolute atomic E-state index is 4.46. The first-order valence-electron chi connectivity index (χ1n) is 6.05. The molecule has 3 aromatic heterocycles. The van der Waals surface area contributed by atoms with Crippen LogP contribution in [0.3, 0.4) is 0 Å². The van der Waals surface area contributed by atoms with Gasteiger partial charge in [-0.2, -0.15) is 15.0 Å². The predicted octanol–water partition coefficient (Wildman–Crippen LogP) is 2.70. The van der Waals surface area contributed by atoms with Crippen LogP contribution in [0.5, 0.6) is 0 Å². The van der Waals surface area contributed by atoms with Gasteiger partial charge in [0, 0.05) is 18.9 Å². The van der Waals surface area contributed by atoms with Crippen molar-refractivity contribution in [2.24, 2.45) is 0 Å². The van der Waals surface area contributed by atoms with Gasteiger partial charge < -0.3 is 5.32 Å². The molecule has 0 amide bonds. The van der Waals surface area contributed by atoms with Gasteiger partial charge in [0.2, 0.25) is 11.9 Å². The molecule has 0 fully saturated rings. The molecule has 3 rings (SSSR count). The zero-order valence-electron chi connectivity index (χ0n) is 10.7. The average molecular weight is 304 g/mol. The summed E-state index contributed by atoms with van der Waals surface area (Å²) < 4.78 is 2.91. The van der Waals surface area contributed by atoms with Crippen LogP contribution in [0.15, 0.2) is 45.6 Å². The van der Waals surface area contributed by atoms with Gasteiger partial charge in [0.15, 0.2) is 5.16 Å². The lowest BCUT2D eigenvalue weighted by molar-refractivity contribution is 0.824. The van der Waals surface area contributed by atoms with E-state index in [1.807, 2.05) is 30.6 Å². The molecule has 6 nitrogen and oxygen atoms in total. The highest BCUT2D eigenvalue weighted by atomic mass is 32.2. The molecule has 0 bridgehead atoms. The Balaban J connectivity index is 1.96. The zero-order valence-corrected chi connectivity index (χ0v) is 12.4. The second-order valence-corrected chi connectivity index (χ2v) is 5.99. The van der Waals surface area contributed by atoms with E-state index in [2.05, 4.69) is 25.3 Å². The Morgan fingerprint density at radius 2 is 2.30 bits per heavy atom. The lowest BCUT2D eigenvalue weighted by atomic mass is 10.7. The molecule has 0 aliphatic heterocycles. The smallest absolute Gasteiger partial charge is 0.240 e. The van der Waals surface area contributed by atoms with Crippen molar-refractivity contribution < 1.29 is 0 Å². The van der Waals surface area contributed by atoms with Gasteiger partial charge in [-0.1, -0.05) is 6.07 Å². The van der Waals surface area contributed by atoms with Crippen molar-refractivity contribution in [2.75, 3.05) is 11.9 Å². The molecule has 0 saturated carbocycles. The number of nitrogens with one attached hydrogen (secondary N) is 1. The number of rotatable bonds is 5. The number of aromatic nitrogens is 5. The highest BCUT2D eigenvalue weighted by molar-refractivity contribution is 8.01. The van der Waals surface area contributed by atoms with Crippen LogP contribution in [0.2, 0.25) is 0 Å². The van der Waals surface area contributed by atoms with Crippen molar-refractivity contribution in [3.8, 4) is 5.95 Å². The number of thiophene rings is 1. The summed E-state index contributed by atoms with van der Waals surface area (Å²) in [6.07, 6.45) is 5.18. The average Bonchev–Trinajstić information content (AvgIpc) is 3.11. The summed E-state index contributed by atoms with van der Waals surface area (Å²) in [5.74, 6) is 1.14. The molecule has 20 heavy (non-hydrogen) atoms. The van der Waals surface area contributed by atoms with Gasteiger partial charge in [-0.15, -0.1) is 11.3 Å². The normalized spacial score (nSPS) is 10.7. The second kappa shape index (κ2) is 6.02. The van der Waals surface area contributed by atoms with Gasteiger partial charge >= 0.3 is 0 Å². The molecule has 0 aliphatic rings. The van der Waals surface area contributed by atoms with E-state index in [-0.39, 0.29) is 0 Å². The van der Waals surface area contributed by atoms with Crippen LogP contribution >= 0.6 is 23.1 Å². The van der Waals surface area contributed by atoms with Crippen LogP contribution in [0, 0.1) is 0 Å². The van der Waals surface area contributed by atoms with Crippen LogP contribution in [0.1, 0.15) is 6.92 Å². The minimum atomic E-state index is 0.563. The van der Waals surface area contributed by atoms with Gasteiger partial charge in [0.25, 0.3) is 0 Å². The monoisotopic (exact) mass is 304 g/mol. The molecule has 0 radical (unpaired) electrons. The molecule has 0 aliphatic carbocycles. The van der Waals surface area contributed by atoms with Crippen molar-refractivity contribution in [1.29, 1.82) is 0 Å². The van der Waals surface area contributed by atoms with E-state index < -0.39 is 0 Å². The molecular formula is C12H12N6S2. The third-order valence-electron chi connectivity index (χ3n) is 2.36. The molecule has 0 spiro atoms. The molecule has 8 heteroatoms. The minimum absolute atomic E-state index is 0.563. The van der Waals surface area contributed by atoms with Crippen LogP contribution in [0.4, 0.5) is 5.95 Å². The SMILES string of the molecule is CCNc1nc(Sc2cccs2)nc(-n2ccnc2)n1. The Morgan fingerprint density at radius 3 is 3.00 bits per heavy atom. The maximum Gasteiger partial charge on any atom is 0.240 e. The van der Waals surface area contributed by atoms with E-state index in [0.29, 0.717) is 17.1 Å². The van der Waals surface area contributed by atoms with Gasteiger partial charge in [-0.3, -0.25) is 4.57 Å². The predicted molar refractivity (Wildman–Crippen MR) is 79.6 cm³/mol. The Morgan fingerprint density at radius 1 is 1.35 bits per heavy atom. The first-order valence-corrected chi connectivity index (χ1v) is 7.74. The Kier molecular flexibility index (Phi) is 3.93. The topological polar surface area (TPSA) is 68.5 Å². The van der Waals surface area contributed by atoms with Crippen LogP contribution < -0.4 is 5.32 Å². The summed E-state index contributed by atoms with van der Waals surface area (Å²) >= 11 is 3.19. The fourth-order valence-electron chi connectivity index (χ4n) is 1.53. The molecule has 3 heterocycles. The number of hydrogen-bond acceptors (Lipinski definition) is 7. The van der Waals surface area contributed by atoms with Crippen molar-refractivity contribution >= 4 is 29.0 Å². The molecule has 102 valence electrons. The zero-order chi connectivity index (χ0) is 13.8. The van der Waals surface area contributed by atoms with Crippen molar-refractivity contribution in [3.05, 3.63) is 36.2 Å². The van der Waals surface area contributed by atoms with Gasteiger partial charge in [0.1, 0.15) is 6.33 Å². The second-order valence-electron chi connectivity index (χ2n) is 3.78. The summed E-state index contributed by atoms with van der Waals surface area (Å²) in [5.41, 5.74) is 0. The summed E-state index contributed by atoms with van der Waals surface area (Å²) in [6, 6.07) is 4.05. The molecule has 1 N–H and O–H groups in total. The highest BCUT2D eigenvalue weighted by Gasteiger charge is 2.09. The lowest BCUT2D eigenvalue weighted by Crippen LogP contribution is -2.08. The Bertz CT molecular complexity index is 665. The number of nitrogens with zero attached hydrogens (tertiary/aromatic N) is 5. The van der Waals surface area contributed by atoms with E-state index >= 15 is 0 Å². The van der Waals surface area contributed by atoms with E-state index in [4.69, 9.17) is 0 Å². The van der Waals surface area contributed by atoms with Crippen LogP contribution in [0.25, 0.3) is 5.95 Å². The van der Waals surface area contributed by atoms with E-state index in [9.17, 15) is 0 Å². The fraction of sp³-hybridized carbons (Fsp3) is 0.167. The van der Waals surface area contributed by atoms with E-state index in [0.717, 1.165) is 10.8 Å². The van der Waals surface area contributed by atoms with Gasteiger partial charge in [-0.05, 0) is 30.1 Å². The summed E-state index contributed by atoms with van der Waals surface area (Å²) in [4.78, 5) is 17.3. The quantitative estimate of drug-likeness (QED) is 0.781. The molecule has 0 saturated heterocycles. The first-order chi connectivity index (χ1) is 9.85. The Labute approximate surface area is 124 Å². The van der Waals surface area contributed by atoms with Crippen LogP contribution in [-0.4, -0.2) is 31.0 Å². The minimum Gasteiger partial charge on any atom is -0.354 e. The third-order valence-corrected chi connectivity index (χ3v) is 4.26. The van der Waals surface area contributed by atoms with Crippen molar-refractivity contribution in [2.45, 2.75) is 16.3 Å². The molecule has 3 aromatic rings. The first kappa shape index (κ1) is 13.1. The van der Waals surface area contributed by atoms with Gasteiger partial charge in [-0.25, -0.2) is 4.98 Å². The van der Waals surface area contributed by atoms with E-state index in [1.54, 1.807) is 28.4 Å².